The minimum Gasteiger partial charge on any atom is -0.346 e. The molecule has 4 nitrogen and oxygen atoms in total. The number of rotatable bonds is 1. The molecule has 3 heterocycles. The van der Waals surface area contributed by atoms with Crippen molar-refractivity contribution in [1.29, 1.82) is 0 Å². The van der Waals surface area contributed by atoms with Crippen molar-refractivity contribution < 1.29 is 0 Å². The molecule has 23 heavy (non-hydrogen) atoms. The Kier molecular flexibility index (Phi) is 3.52. The van der Waals surface area contributed by atoms with Crippen LogP contribution < -0.4 is 4.90 Å². The van der Waals surface area contributed by atoms with Gasteiger partial charge in [-0.1, -0.05) is 44.3 Å². The lowest BCUT2D eigenvalue weighted by molar-refractivity contribution is 0.209. The van der Waals surface area contributed by atoms with Crippen molar-refractivity contribution in [2.45, 2.75) is 58.3 Å². The summed E-state index contributed by atoms with van der Waals surface area (Å²) in [6.07, 6.45) is 13.3. The van der Waals surface area contributed by atoms with Crippen LogP contribution in [-0.4, -0.2) is 27.7 Å². The van der Waals surface area contributed by atoms with Gasteiger partial charge in [0.05, 0.1) is 11.9 Å². The highest BCUT2D eigenvalue weighted by Gasteiger charge is 2.36. The van der Waals surface area contributed by atoms with Crippen molar-refractivity contribution in [2.75, 3.05) is 18.0 Å². The molecule has 1 saturated heterocycles. The third-order valence-electron chi connectivity index (χ3n) is 5.29. The van der Waals surface area contributed by atoms with Crippen LogP contribution in [0.4, 0.5) is 5.13 Å². The van der Waals surface area contributed by atoms with Crippen LogP contribution in [0.5, 0.6) is 0 Å². The fraction of sp³-hybridized carbons (Fsp3) is 0.667. The first-order chi connectivity index (χ1) is 11.0. The van der Waals surface area contributed by atoms with Gasteiger partial charge in [-0.2, -0.15) is 0 Å². The summed E-state index contributed by atoms with van der Waals surface area (Å²) in [4.78, 5) is 8.30. The number of allylic oxidation sites excluding steroid dienone is 2. The van der Waals surface area contributed by atoms with Gasteiger partial charge in [0.15, 0.2) is 0 Å². The van der Waals surface area contributed by atoms with E-state index in [4.69, 9.17) is 10.1 Å². The van der Waals surface area contributed by atoms with Crippen LogP contribution in [0, 0.1) is 5.41 Å². The number of imidazole rings is 1. The van der Waals surface area contributed by atoms with Gasteiger partial charge in [0.2, 0.25) is 10.1 Å². The van der Waals surface area contributed by atoms with Crippen molar-refractivity contribution in [2.24, 2.45) is 5.41 Å². The lowest BCUT2D eigenvalue weighted by atomic mass is 9.71. The number of hydrogen-bond donors (Lipinski definition) is 0. The van der Waals surface area contributed by atoms with Crippen LogP contribution in [0.3, 0.4) is 0 Å². The van der Waals surface area contributed by atoms with E-state index in [0.717, 1.165) is 28.9 Å². The fourth-order valence-electron chi connectivity index (χ4n) is 3.86. The maximum absolute atomic E-state index is 4.83. The highest BCUT2D eigenvalue weighted by atomic mass is 32.1. The third-order valence-corrected chi connectivity index (χ3v) is 6.28. The molecular formula is C18H26N4S. The van der Waals surface area contributed by atoms with Gasteiger partial charge in [-0.05, 0) is 37.5 Å². The number of fused-ring (bicyclic) bond motifs is 1. The first-order valence-corrected chi connectivity index (χ1v) is 9.54. The number of hydrogen-bond acceptors (Lipinski definition) is 4. The summed E-state index contributed by atoms with van der Waals surface area (Å²) in [6.45, 7) is 8.89. The minimum atomic E-state index is 0.0806. The average Bonchev–Trinajstić information content (AvgIpc) is 3.06. The molecule has 1 fully saturated rings. The van der Waals surface area contributed by atoms with Crippen LogP contribution in [0.15, 0.2) is 18.3 Å². The summed E-state index contributed by atoms with van der Waals surface area (Å²) in [6, 6.07) is 0. The molecule has 1 spiro atoms. The van der Waals surface area contributed by atoms with E-state index in [0.29, 0.717) is 5.41 Å². The second-order valence-electron chi connectivity index (χ2n) is 8.23. The highest BCUT2D eigenvalue weighted by Crippen LogP contribution is 2.42. The fourth-order valence-corrected chi connectivity index (χ4v) is 4.77. The van der Waals surface area contributed by atoms with E-state index in [1.165, 1.54) is 32.1 Å². The predicted molar refractivity (Wildman–Crippen MR) is 96.4 cm³/mol. The summed E-state index contributed by atoms with van der Waals surface area (Å²) in [7, 11) is 0. The quantitative estimate of drug-likeness (QED) is 0.726. The number of piperidine rings is 1. The third kappa shape index (κ3) is 2.80. The zero-order valence-corrected chi connectivity index (χ0v) is 15.2. The van der Waals surface area contributed by atoms with Gasteiger partial charge in [0.25, 0.3) is 0 Å². The van der Waals surface area contributed by atoms with Crippen LogP contribution >= 0.6 is 11.3 Å². The first-order valence-electron chi connectivity index (χ1n) is 8.72. The van der Waals surface area contributed by atoms with Crippen LogP contribution in [0.25, 0.3) is 4.96 Å². The SMILES string of the molecule is CC(C)(C)c1cn2nc(N3CCCC4(CC=CCC4)C3)sc2n1. The molecule has 2 aliphatic rings. The zero-order chi connectivity index (χ0) is 16.1. The summed E-state index contributed by atoms with van der Waals surface area (Å²) < 4.78 is 1.97. The Balaban J connectivity index is 1.59. The second kappa shape index (κ2) is 5.33. The van der Waals surface area contributed by atoms with Crippen molar-refractivity contribution in [3.8, 4) is 0 Å². The molecule has 2 aromatic rings. The maximum atomic E-state index is 4.83. The van der Waals surface area contributed by atoms with Gasteiger partial charge in [0.1, 0.15) is 0 Å². The normalized spacial score (nSPS) is 25.6. The summed E-state index contributed by atoms with van der Waals surface area (Å²) in [5, 5.41) is 5.97. The average molecular weight is 331 g/mol. The Morgan fingerprint density at radius 3 is 2.78 bits per heavy atom. The monoisotopic (exact) mass is 330 g/mol. The molecule has 2 aromatic heterocycles. The van der Waals surface area contributed by atoms with Crippen LogP contribution in [0.2, 0.25) is 0 Å². The Hall–Kier alpha value is -1.36. The number of anilines is 1. The molecule has 0 aromatic carbocycles. The highest BCUT2D eigenvalue weighted by molar-refractivity contribution is 7.20. The molecule has 1 atom stereocenters. The molecule has 4 rings (SSSR count). The molecule has 0 bridgehead atoms. The van der Waals surface area contributed by atoms with Gasteiger partial charge in [-0.15, -0.1) is 5.10 Å². The number of nitrogens with zero attached hydrogens (tertiary/aromatic N) is 4. The van der Waals surface area contributed by atoms with Crippen molar-refractivity contribution in [1.82, 2.24) is 14.6 Å². The van der Waals surface area contributed by atoms with Crippen molar-refractivity contribution in [3.05, 3.63) is 24.0 Å². The maximum Gasteiger partial charge on any atom is 0.214 e. The zero-order valence-electron chi connectivity index (χ0n) is 14.4. The van der Waals surface area contributed by atoms with E-state index >= 15 is 0 Å². The molecule has 1 aliphatic carbocycles. The van der Waals surface area contributed by atoms with E-state index in [9.17, 15) is 0 Å². The standard InChI is InChI=1S/C18H26N4S/c1-17(2,3)14-12-22-15(19-14)23-16(20-22)21-11-7-10-18(13-21)8-5-4-6-9-18/h4-5,12H,6-11,13H2,1-3H3. The van der Waals surface area contributed by atoms with Crippen LogP contribution in [0.1, 0.15) is 58.6 Å². The Labute approximate surface area is 142 Å². The van der Waals surface area contributed by atoms with E-state index in [1.54, 1.807) is 11.3 Å². The smallest absolute Gasteiger partial charge is 0.214 e. The van der Waals surface area contributed by atoms with Gasteiger partial charge >= 0.3 is 0 Å². The van der Waals surface area contributed by atoms with Gasteiger partial charge in [-0.3, -0.25) is 0 Å². The van der Waals surface area contributed by atoms with Crippen molar-refractivity contribution >= 4 is 21.4 Å². The molecule has 1 aliphatic heterocycles. The van der Waals surface area contributed by atoms with Gasteiger partial charge < -0.3 is 4.90 Å². The van der Waals surface area contributed by atoms with Crippen molar-refractivity contribution in [3.63, 3.8) is 0 Å². The first kappa shape index (κ1) is 15.2. The Morgan fingerprint density at radius 1 is 1.22 bits per heavy atom. The summed E-state index contributed by atoms with van der Waals surface area (Å²) >= 11 is 1.74. The summed E-state index contributed by atoms with van der Waals surface area (Å²) in [5.74, 6) is 0. The molecule has 0 saturated carbocycles. The molecule has 5 heteroatoms. The Morgan fingerprint density at radius 2 is 2.09 bits per heavy atom. The molecular weight excluding hydrogens is 304 g/mol. The number of aromatic nitrogens is 3. The largest absolute Gasteiger partial charge is 0.346 e. The van der Waals surface area contributed by atoms with Gasteiger partial charge in [-0.25, -0.2) is 9.50 Å². The van der Waals surface area contributed by atoms with E-state index in [1.807, 2.05) is 4.52 Å². The minimum absolute atomic E-state index is 0.0806. The predicted octanol–water partition coefficient (Wildman–Crippen LogP) is 4.42. The molecule has 0 radical (unpaired) electrons. The van der Waals surface area contributed by atoms with E-state index in [2.05, 4.69) is 44.0 Å². The molecule has 124 valence electrons. The summed E-state index contributed by atoms with van der Waals surface area (Å²) in [5.41, 5.74) is 1.68. The van der Waals surface area contributed by atoms with E-state index in [-0.39, 0.29) is 5.41 Å². The van der Waals surface area contributed by atoms with E-state index < -0.39 is 0 Å². The lowest BCUT2D eigenvalue weighted by Gasteiger charge is -2.43. The van der Waals surface area contributed by atoms with Crippen LogP contribution in [-0.2, 0) is 5.41 Å². The van der Waals surface area contributed by atoms with Gasteiger partial charge in [0, 0.05) is 18.5 Å². The topological polar surface area (TPSA) is 33.4 Å². The Bertz CT molecular complexity index is 704. The second-order valence-corrected chi connectivity index (χ2v) is 9.16. The molecule has 1 unspecified atom stereocenters. The molecule has 0 amide bonds. The molecule has 0 N–H and O–H groups in total. The lowest BCUT2D eigenvalue weighted by Crippen LogP contribution is -2.43.